The summed E-state index contributed by atoms with van der Waals surface area (Å²) in [6.45, 7) is 8.42. The Morgan fingerprint density at radius 2 is 1.35 bits per heavy atom. The highest BCUT2D eigenvalue weighted by atomic mass is 19.1. The fourth-order valence-corrected chi connectivity index (χ4v) is 10.8. The van der Waals surface area contributed by atoms with Gasteiger partial charge in [-0.1, -0.05) is 78.9 Å². The number of nitrogens with zero attached hydrogens (tertiary/aromatic N) is 4. The van der Waals surface area contributed by atoms with Crippen LogP contribution in [0.2, 0.25) is 0 Å². The summed E-state index contributed by atoms with van der Waals surface area (Å²) in [5.74, 6) is -6.11. The van der Waals surface area contributed by atoms with Gasteiger partial charge in [0.2, 0.25) is 29.4 Å². The van der Waals surface area contributed by atoms with E-state index < -0.39 is 120 Å². The van der Waals surface area contributed by atoms with E-state index >= 15 is 4.79 Å². The van der Waals surface area contributed by atoms with E-state index in [4.69, 9.17) is 28.4 Å². The maximum absolute atomic E-state index is 15.2. The molecule has 2 aliphatic heterocycles. The first-order valence-corrected chi connectivity index (χ1v) is 31.2. The second kappa shape index (κ2) is 32.4. The molecule has 2 N–H and O–H groups in total. The number of hydrogen-bond acceptors (Lipinski definition) is 15. The molecule has 5 aromatic carbocycles. The van der Waals surface area contributed by atoms with E-state index in [2.05, 4.69) is 10.6 Å². The van der Waals surface area contributed by atoms with Crippen molar-refractivity contribution in [2.75, 3.05) is 68.3 Å². The largest absolute Gasteiger partial charge is 0.493 e. The third kappa shape index (κ3) is 19.7. The van der Waals surface area contributed by atoms with Crippen LogP contribution in [0.1, 0.15) is 102 Å². The predicted molar refractivity (Wildman–Crippen MR) is 345 cm³/mol. The summed E-state index contributed by atoms with van der Waals surface area (Å²) in [6.07, 6.45) is 3.44. The molecule has 7 rings (SSSR count). The number of halogens is 1. The molecule has 0 unspecified atom stereocenters. The molecule has 2 aliphatic rings. The number of Topliss-reactive ketones (excluding diaryl/α,β-unsaturated/α-hetero) is 1. The Bertz CT molecular complexity index is 3530. The zero-order chi connectivity index (χ0) is 67.7. The molecular formula is C71H87FN6O15. The average molecular weight is 1280 g/mol. The number of rotatable bonds is 11. The van der Waals surface area contributed by atoms with Gasteiger partial charge in [0.05, 0.1) is 31.8 Å². The number of likely N-dealkylation sites (N-methyl/N-ethyl adjacent to an activating group) is 3. The molecule has 0 aliphatic carbocycles. The molecule has 22 heteroatoms. The second-order valence-corrected chi connectivity index (χ2v) is 25.2. The van der Waals surface area contributed by atoms with Crippen LogP contribution in [-0.4, -0.2) is 177 Å². The van der Waals surface area contributed by atoms with E-state index in [0.29, 0.717) is 47.5 Å². The molecule has 0 spiro atoms. The van der Waals surface area contributed by atoms with E-state index in [9.17, 15) is 42.7 Å². The van der Waals surface area contributed by atoms with Crippen molar-refractivity contribution >= 4 is 63.9 Å². The van der Waals surface area contributed by atoms with Crippen LogP contribution in [0, 0.1) is 11.2 Å². The Hall–Kier alpha value is -9.18. The minimum absolute atomic E-state index is 0.0265. The first-order valence-electron chi connectivity index (χ1n) is 31.2. The van der Waals surface area contributed by atoms with Gasteiger partial charge >= 0.3 is 11.9 Å². The van der Waals surface area contributed by atoms with Crippen LogP contribution >= 0.6 is 0 Å². The highest BCUT2D eigenvalue weighted by Crippen LogP contribution is 2.33. The van der Waals surface area contributed by atoms with Crippen molar-refractivity contribution in [1.82, 2.24) is 30.2 Å². The number of nitrogens with one attached hydrogen (secondary N) is 2. The van der Waals surface area contributed by atoms with Crippen molar-refractivity contribution in [3.05, 3.63) is 149 Å². The van der Waals surface area contributed by atoms with Crippen LogP contribution in [0.5, 0.6) is 17.2 Å². The number of aryl methyl sites for hydroxylation is 1. The lowest BCUT2D eigenvalue weighted by atomic mass is 9.87. The molecule has 0 radical (unpaired) electrons. The van der Waals surface area contributed by atoms with Crippen LogP contribution in [0.3, 0.4) is 0 Å². The Balaban J connectivity index is 1.23. The number of piperidine rings is 1. The van der Waals surface area contributed by atoms with Gasteiger partial charge in [0.1, 0.15) is 54.5 Å². The summed E-state index contributed by atoms with van der Waals surface area (Å²) < 4.78 is 49.3. The van der Waals surface area contributed by atoms with Crippen LogP contribution in [0.15, 0.2) is 121 Å². The molecule has 2 bridgehead atoms. The fourth-order valence-electron chi connectivity index (χ4n) is 10.8. The van der Waals surface area contributed by atoms with Crippen LogP contribution in [-0.2, 0) is 76.6 Å². The number of ketones is 1. The topological polar surface area (TPSA) is 246 Å². The van der Waals surface area contributed by atoms with E-state index in [1.54, 1.807) is 51.1 Å². The number of benzene rings is 5. The number of methoxy groups -OCH3 is 2. The zero-order valence-electron chi connectivity index (χ0n) is 55.0. The van der Waals surface area contributed by atoms with Crippen LogP contribution in [0.4, 0.5) is 4.39 Å². The maximum atomic E-state index is 15.2. The molecule has 5 aromatic rings. The molecule has 1 fully saturated rings. The summed E-state index contributed by atoms with van der Waals surface area (Å²) in [6, 6.07) is 24.3. The third-order valence-electron chi connectivity index (χ3n) is 16.7. The summed E-state index contributed by atoms with van der Waals surface area (Å²) in [4.78, 5) is 134. The zero-order valence-corrected chi connectivity index (χ0v) is 55.0. The van der Waals surface area contributed by atoms with Crippen molar-refractivity contribution < 1.29 is 76.0 Å². The number of hydrogen-bond donors (Lipinski definition) is 2. The molecule has 2 heterocycles. The summed E-state index contributed by atoms with van der Waals surface area (Å²) >= 11 is 0. The van der Waals surface area contributed by atoms with Gasteiger partial charge in [0.15, 0.2) is 18.1 Å². The van der Waals surface area contributed by atoms with E-state index in [1.165, 1.54) is 101 Å². The number of carbonyl (C=O) groups is 9. The third-order valence-corrected chi connectivity index (χ3v) is 16.7. The van der Waals surface area contributed by atoms with Crippen molar-refractivity contribution in [3.8, 4) is 17.2 Å². The highest BCUT2D eigenvalue weighted by molar-refractivity contribution is 6.38. The average Bonchev–Trinajstić information content (AvgIpc) is 0.851. The number of carbonyl (C=O) groups excluding carboxylic acids is 9. The molecule has 21 nitrogen and oxygen atoms in total. The monoisotopic (exact) mass is 1280 g/mol. The Labute approximate surface area is 543 Å². The van der Waals surface area contributed by atoms with Gasteiger partial charge in [-0.25, -0.2) is 14.0 Å². The molecule has 6 amide bonds. The van der Waals surface area contributed by atoms with Gasteiger partial charge in [-0.05, 0) is 149 Å². The molecule has 498 valence electrons. The number of fused-ring (bicyclic) bond motifs is 4. The molecule has 0 saturated carbocycles. The Morgan fingerprint density at radius 3 is 2.06 bits per heavy atom. The summed E-state index contributed by atoms with van der Waals surface area (Å²) in [5, 5.41) is 7.53. The fraction of sp³-hybridized carbons (Fsp3) is 0.451. The second-order valence-electron chi connectivity index (χ2n) is 25.2. The lowest BCUT2D eigenvalue weighted by Gasteiger charge is -2.36. The lowest BCUT2D eigenvalue weighted by molar-refractivity contribution is -0.165. The lowest BCUT2D eigenvalue weighted by Crippen LogP contribution is -2.60. The number of amides is 6. The van der Waals surface area contributed by atoms with Gasteiger partial charge in [-0.15, -0.1) is 0 Å². The molecule has 0 aromatic heterocycles. The molecular weight excluding hydrogens is 1200 g/mol. The number of esters is 2. The maximum Gasteiger partial charge on any atom is 0.330 e. The SMILES string of the molecule is COc1ccc(CC[C@H]2OC(=O)[C@@H]3CCCCN3C(=O)C(=O)C(C)(C)COC(=O)C=CCCN(C)C(=O)[C@H](Cc3ccc(F)cc3)NC(=O)[C@H](COC(C)(C)C)N(C)C(=O)[C@H](Cc3ccc4ccccc4c3)NC(=O)[C@H](C)N(C)C(=O)COc3cccc2c3)cc1OC. The highest BCUT2D eigenvalue weighted by Gasteiger charge is 2.43. The minimum Gasteiger partial charge on any atom is -0.493 e. The first kappa shape index (κ1) is 71.3. The molecule has 1 saturated heterocycles. The molecule has 6 atom stereocenters. The van der Waals surface area contributed by atoms with Crippen molar-refractivity contribution in [2.45, 2.75) is 135 Å². The standard InChI is InChI=1S/C71H87FN6O15/c1-45-64(82)73-55(39-48-25-30-49-19-12-13-20-50(49)37-48)67(85)77(9)57(42-92-70(2,3)4)65(83)74-54(38-46-26-31-52(72)32-27-46)66(84)75(7)35-16-15-24-62(80)91-44-71(5,6)63(81)68(86)78-36-17-14-23-56(78)69(87)93-58(33-28-47-29-34-59(88-10)60(40-47)89-11)51-21-18-22-53(41-51)90-43-61(79)76(45)8/h12-13,15,18-22,24-27,29-32,34,37,40-41,45,54-58H,14,16-17,23,28,33,35-36,38-39,42-44H2,1-11H3,(H,73,82)(H,74,83)/t45-,54-,55-,56-,57-,58+/m0/s1. The number of ether oxygens (including phenoxy) is 6. The van der Waals surface area contributed by atoms with Crippen LogP contribution < -0.4 is 24.8 Å². The van der Waals surface area contributed by atoms with Crippen molar-refractivity contribution in [1.29, 1.82) is 0 Å². The number of cyclic esters (lactones) is 2. The Kier molecular flexibility index (Phi) is 24.8. The predicted octanol–water partition coefficient (Wildman–Crippen LogP) is 7.47. The normalized spacial score (nSPS) is 21.8. The summed E-state index contributed by atoms with van der Waals surface area (Å²) in [5.41, 5.74) is 0.101. The van der Waals surface area contributed by atoms with E-state index in [1.807, 2.05) is 54.6 Å². The smallest absolute Gasteiger partial charge is 0.330 e. The van der Waals surface area contributed by atoms with Crippen molar-refractivity contribution in [2.24, 2.45) is 5.41 Å². The molecule has 93 heavy (non-hydrogen) atoms. The minimum atomic E-state index is -1.54. The first-order chi connectivity index (χ1) is 44.2. The summed E-state index contributed by atoms with van der Waals surface area (Å²) in [7, 11) is 7.35. The van der Waals surface area contributed by atoms with E-state index in [0.717, 1.165) is 27.3 Å². The van der Waals surface area contributed by atoms with Gasteiger partial charge < -0.3 is 58.7 Å². The van der Waals surface area contributed by atoms with Gasteiger partial charge in [-0.2, -0.15) is 0 Å². The Morgan fingerprint density at radius 1 is 0.688 bits per heavy atom. The van der Waals surface area contributed by atoms with Gasteiger partial charge in [0, 0.05) is 53.2 Å². The van der Waals surface area contributed by atoms with Crippen molar-refractivity contribution in [3.63, 3.8) is 0 Å². The van der Waals surface area contributed by atoms with Gasteiger partial charge in [-0.3, -0.25) is 33.6 Å². The quantitative estimate of drug-likeness (QED) is 0.0962. The van der Waals surface area contributed by atoms with E-state index in [-0.39, 0.29) is 57.6 Å². The van der Waals surface area contributed by atoms with Gasteiger partial charge in [0.25, 0.3) is 11.8 Å². The van der Waals surface area contributed by atoms with Crippen LogP contribution in [0.25, 0.3) is 10.8 Å².